The summed E-state index contributed by atoms with van der Waals surface area (Å²) in [5, 5.41) is 12.8. The van der Waals surface area contributed by atoms with Crippen LogP contribution in [0.4, 0.5) is 0 Å². The number of nitrogens with one attached hydrogen (secondary N) is 1. The lowest BCUT2D eigenvalue weighted by atomic mass is 9.94. The van der Waals surface area contributed by atoms with Gasteiger partial charge < -0.3 is 9.47 Å². The average molecular weight is 285 g/mol. The molecule has 0 bridgehead atoms. The highest BCUT2D eigenvalue weighted by molar-refractivity contribution is 5.05. The van der Waals surface area contributed by atoms with Gasteiger partial charge in [0, 0.05) is 33.4 Å². The van der Waals surface area contributed by atoms with Gasteiger partial charge in [-0.25, -0.2) is 0 Å². The van der Waals surface area contributed by atoms with Crippen molar-refractivity contribution in [2.45, 2.75) is 45.2 Å². The van der Waals surface area contributed by atoms with Crippen molar-refractivity contribution in [3.63, 3.8) is 0 Å². The van der Waals surface area contributed by atoms with Crippen LogP contribution in [0.15, 0.2) is 0 Å². The molecule has 2 unspecified atom stereocenters. The SMILES string of the molecule is CCCNC(C)(C#N)CC(C)N(CCOC)CCOC. The summed E-state index contributed by atoms with van der Waals surface area (Å²) >= 11 is 0. The van der Waals surface area contributed by atoms with Crippen LogP contribution in [0.1, 0.15) is 33.6 Å². The number of ether oxygens (including phenoxy) is 2. The summed E-state index contributed by atoms with van der Waals surface area (Å²) in [6.45, 7) is 10.2. The molecule has 118 valence electrons. The molecule has 0 spiro atoms. The van der Waals surface area contributed by atoms with Crippen molar-refractivity contribution in [1.82, 2.24) is 10.2 Å². The number of methoxy groups -OCH3 is 2. The molecule has 0 aliphatic heterocycles. The van der Waals surface area contributed by atoms with Crippen LogP contribution in [-0.4, -0.2) is 63.5 Å². The third kappa shape index (κ3) is 7.81. The van der Waals surface area contributed by atoms with E-state index in [9.17, 15) is 5.26 Å². The van der Waals surface area contributed by atoms with E-state index in [1.807, 2.05) is 6.92 Å². The third-order valence-electron chi connectivity index (χ3n) is 3.50. The topological polar surface area (TPSA) is 57.5 Å². The van der Waals surface area contributed by atoms with Crippen molar-refractivity contribution in [1.29, 1.82) is 5.26 Å². The fourth-order valence-electron chi connectivity index (χ4n) is 2.25. The van der Waals surface area contributed by atoms with E-state index in [2.05, 4.69) is 30.1 Å². The summed E-state index contributed by atoms with van der Waals surface area (Å²) in [5.41, 5.74) is -0.478. The van der Waals surface area contributed by atoms with Crippen LogP contribution in [0.3, 0.4) is 0 Å². The van der Waals surface area contributed by atoms with Gasteiger partial charge in [0.15, 0.2) is 0 Å². The zero-order valence-corrected chi connectivity index (χ0v) is 13.7. The molecule has 2 atom stereocenters. The first-order valence-electron chi connectivity index (χ1n) is 7.41. The number of hydrogen-bond donors (Lipinski definition) is 1. The summed E-state index contributed by atoms with van der Waals surface area (Å²) in [5.74, 6) is 0. The Kier molecular flexibility index (Phi) is 10.7. The van der Waals surface area contributed by atoms with Gasteiger partial charge in [-0.3, -0.25) is 10.2 Å². The highest BCUT2D eigenvalue weighted by atomic mass is 16.5. The summed E-state index contributed by atoms with van der Waals surface area (Å²) in [7, 11) is 3.42. The van der Waals surface area contributed by atoms with Crippen molar-refractivity contribution in [3.05, 3.63) is 0 Å². The smallest absolute Gasteiger partial charge is 0.105 e. The monoisotopic (exact) mass is 285 g/mol. The minimum atomic E-state index is -0.478. The van der Waals surface area contributed by atoms with E-state index in [0.717, 1.165) is 32.5 Å². The molecule has 0 aliphatic carbocycles. The first-order valence-corrected chi connectivity index (χ1v) is 7.41. The fourth-order valence-corrected chi connectivity index (χ4v) is 2.25. The summed E-state index contributed by atoms with van der Waals surface area (Å²) in [6, 6.07) is 2.71. The normalized spacial score (nSPS) is 15.8. The lowest BCUT2D eigenvalue weighted by molar-refractivity contribution is 0.0832. The third-order valence-corrected chi connectivity index (χ3v) is 3.50. The lowest BCUT2D eigenvalue weighted by Crippen LogP contribution is -2.48. The number of rotatable bonds is 12. The second kappa shape index (κ2) is 11.0. The van der Waals surface area contributed by atoms with Crippen LogP contribution in [0.5, 0.6) is 0 Å². The van der Waals surface area contributed by atoms with Gasteiger partial charge in [-0.1, -0.05) is 6.92 Å². The second-order valence-corrected chi connectivity index (χ2v) is 5.45. The number of nitrogens with zero attached hydrogens (tertiary/aromatic N) is 2. The Morgan fingerprint density at radius 2 is 1.80 bits per heavy atom. The average Bonchev–Trinajstić information content (AvgIpc) is 2.45. The maximum Gasteiger partial charge on any atom is 0.105 e. The molecule has 0 amide bonds. The van der Waals surface area contributed by atoms with E-state index in [0.29, 0.717) is 19.3 Å². The quantitative estimate of drug-likeness (QED) is 0.591. The first-order chi connectivity index (χ1) is 9.52. The largest absolute Gasteiger partial charge is 0.383 e. The molecule has 0 rings (SSSR count). The van der Waals surface area contributed by atoms with Crippen LogP contribution in [0.2, 0.25) is 0 Å². The van der Waals surface area contributed by atoms with E-state index in [4.69, 9.17) is 9.47 Å². The zero-order valence-electron chi connectivity index (χ0n) is 13.7. The molecule has 0 radical (unpaired) electrons. The predicted octanol–water partition coefficient (Wildman–Crippen LogP) is 1.64. The number of hydrogen-bond acceptors (Lipinski definition) is 5. The molecule has 0 aliphatic rings. The van der Waals surface area contributed by atoms with Crippen molar-refractivity contribution < 1.29 is 9.47 Å². The van der Waals surface area contributed by atoms with Gasteiger partial charge in [0.05, 0.1) is 19.3 Å². The van der Waals surface area contributed by atoms with E-state index in [1.165, 1.54) is 0 Å². The summed E-state index contributed by atoms with van der Waals surface area (Å²) in [4.78, 5) is 2.32. The zero-order chi connectivity index (χ0) is 15.4. The Morgan fingerprint density at radius 3 is 2.20 bits per heavy atom. The van der Waals surface area contributed by atoms with Crippen LogP contribution < -0.4 is 5.32 Å². The fraction of sp³-hybridized carbons (Fsp3) is 0.933. The van der Waals surface area contributed by atoms with E-state index >= 15 is 0 Å². The van der Waals surface area contributed by atoms with E-state index in [1.54, 1.807) is 14.2 Å². The van der Waals surface area contributed by atoms with Gasteiger partial charge in [0.2, 0.25) is 0 Å². The van der Waals surface area contributed by atoms with Gasteiger partial charge in [-0.05, 0) is 33.2 Å². The van der Waals surface area contributed by atoms with Crippen LogP contribution >= 0.6 is 0 Å². The molecule has 5 nitrogen and oxygen atoms in total. The minimum Gasteiger partial charge on any atom is -0.383 e. The Bertz CT molecular complexity index is 273. The molecule has 0 fully saturated rings. The molecule has 0 saturated carbocycles. The van der Waals surface area contributed by atoms with Gasteiger partial charge >= 0.3 is 0 Å². The Morgan fingerprint density at radius 1 is 1.25 bits per heavy atom. The molecular weight excluding hydrogens is 254 g/mol. The highest BCUT2D eigenvalue weighted by Gasteiger charge is 2.28. The maximum absolute atomic E-state index is 9.41. The van der Waals surface area contributed by atoms with E-state index < -0.39 is 5.54 Å². The van der Waals surface area contributed by atoms with Gasteiger partial charge in [0.1, 0.15) is 5.54 Å². The molecule has 1 N–H and O–H groups in total. The molecule has 0 heterocycles. The Hall–Kier alpha value is -0.670. The predicted molar refractivity (Wildman–Crippen MR) is 81.7 cm³/mol. The summed E-state index contributed by atoms with van der Waals surface area (Å²) in [6.07, 6.45) is 1.82. The lowest BCUT2D eigenvalue weighted by Gasteiger charge is -2.34. The molecule has 0 aromatic heterocycles. The molecular formula is C15H31N3O2. The molecule has 0 saturated heterocycles. The van der Waals surface area contributed by atoms with E-state index in [-0.39, 0.29) is 0 Å². The van der Waals surface area contributed by atoms with Crippen molar-refractivity contribution in [3.8, 4) is 6.07 Å². The van der Waals surface area contributed by atoms with Crippen molar-refractivity contribution in [2.24, 2.45) is 0 Å². The standard InChI is InChI=1S/C15H31N3O2/c1-6-7-17-15(3,13-16)12-14(2)18(8-10-19-4)9-11-20-5/h14,17H,6-12H2,1-5H3. The van der Waals surface area contributed by atoms with Crippen LogP contribution in [0.25, 0.3) is 0 Å². The van der Waals surface area contributed by atoms with Gasteiger partial charge in [-0.15, -0.1) is 0 Å². The molecule has 0 aromatic carbocycles. The minimum absolute atomic E-state index is 0.300. The maximum atomic E-state index is 9.41. The number of nitriles is 1. The highest BCUT2D eigenvalue weighted by Crippen LogP contribution is 2.16. The Labute approximate surface area is 124 Å². The van der Waals surface area contributed by atoms with Crippen molar-refractivity contribution >= 4 is 0 Å². The van der Waals surface area contributed by atoms with Crippen LogP contribution in [-0.2, 0) is 9.47 Å². The van der Waals surface area contributed by atoms with Gasteiger partial charge in [0.25, 0.3) is 0 Å². The first kappa shape index (κ1) is 19.3. The second-order valence-electron chi connectivity index (χ2n) is 5.45. The van der Waals surface area contributed by atoms with Gasteiger partial charge in [-0.2, -0.15) is 5.26 Å². The van der Waals surface area contributed by atoms with Crippen LogP contribution in [0, 0.1) is 11.3 Å². The Balaban J connectivity index is 4.52. The summed E-state index contributed by atoms with van der Waals surface area (Å²) < 4.78 is 10.3. The molecule has 0 aromatic rings. The van der Waals surface area contributed by atoms with Crippen molar-refractivity contribution in [2.75, 3.05) is 47.1 Å². The molecule has 20 heavy (non-hydrogen) atoms. The molecule has 5 heteroatoms.